The fourth-order valence-electron chi connectivity index (χ4n) is 3.33. The molecule has 0 bridgehead atoms. The molecular weight excluding hydrogens is 366 g/mol. The number of anilines is 2. The van der Waals surface area contributed by atoms with Crippen LogP contribution < -0.4 is 10.6 Å². The molecule has 4 nitrogen and oxygen atoms in total. The van der Waals surface area contributed by atoms with Crippen LogP contribution >= 0.6 is 15.9 Å². The number of hydrogen-bond donors (Lipinski definition) is 2. The highest BCUT2D eigenvalue weighted by Gasteiger charge is 2.41. The molecule has 1 spiro atoms. The van der Waals surface area contributed by atoms with Gasteiger partial charge < -0.3 is 15.4 Å². The maximum Gasteiger partial charge on any atom is 0.127 e. The van der Waals surface area contributed by atoms with Crippen LogP contribution in [0.4, 0.5) is 11.4 Å². The van der Waals surface area contributed by atoms with E-state index in [1.165, 1.54) is 5.56 Å². The van der Waals surface area contributed by atoms with Gasteiger partial charge in [-0.2, -0.15) is 0 Å². The summed E-state index contributed by atoms with van der Waals surface area (Å²) in [4.78, 5) is 4.95. The monoisotopic (exact) mass is 385 g/mol. The molecule has 124 valence electrons. The number of amidine groups is 1. The van der Waals surface area contributed by atoms with E-state index in [1.807, 2.05) is 18.2 Å². The summed E-state index contributed by atoms with van der Waals surface area (Å²) in [5.74, 6) is 1.01. The number of para-hydroxylation sites is 2. The lowest BCUT2D eigenvalue weighted by molar-refractivity contribution is 0.0778. The summed E-state index contributed by atoms with van der Waals surface area (Å²) < 4.78 is 6.68. The number of hydrogen-bond acceptors (Lipinski definition) is 3. The molecule has 0 atom stereocenters. The zero-order valence-electron chi connectivity index (χ0n) is 13.4. The van der Waals surface area contributed by atoms with Crippen LogP contribution in [0, 0.1) is 0 Å². The number of nitrogens with one attached hydrogen (secondary N) is 2. The molecule has 2 aromatic rings. The van der Waals surface area contributed by atoms with Crippen molar-refractivity contribution in [1.82, 2.24) is 0 Å². The first kappa shape index (κ1) is 15.7. The van der Waals surface area contributed by atoms with Gasteiger partial charge in [0.2, 0.25) is 0 Å². The summed E-state index contributed by atoms with van der Waals surface area (Å²) in [6, 6.07) is 16.5. The van der Waals surface area contributed by atoms with Crippen molar-refractivity contribution in [3.63, 3.8) is 0 Å². The van der Waals surface area contributed by atoms with Crippen LogP contribution in [0.1, 0.15) is 18.4 Å². The Hall–Kier alpha value is -1.85. The van der Waals surface area contributed by atoms with Crippen LogP contribution in [0.5, 0.6) is 0 Å². The largest absolute Gasteiger partial charge is 0.381 e. The number of aliphatic imine (C=N–C) groups is 1. The number of ether oxygens (including phenoxy) is 1. The van der Waals surface area contributed by atoms with E-state index >= 15 is 0 Å². The molecular formula is C19H20BrN3O. The van der Waals surface area contributed by atoms with Gasteiger partial charge in [-0.05, 0) is 23.8 Å². The average molecular weight is 386 g/mol. The summed E-state index contributed by atoms with van der Waals surface area (Å²) in [6.07, 6.45) is 1.84. The highest BCUT2D eigenvalue weighted by molar-refractivity contribution is 9.10. The molecule has 2 aromatic carbocycles. The van der Waals surface area contributed by atoms with Crippen LogP contribution in [0.2, 0.25) is 0 Å². The molecule has 24 heavy (non-hydrogen) atoms. The second-order valence-electron chi connectivity index (χ2n) is 6.25. The van der Waals surface area contributed by atoms with Gasteiger partial charge in [-0.15, -0.1) is 0 Å². The molecule has 5 heteroatoms. The number of nitrogens with zero attached hydrogens (tertiary/aromatic N) is 1. The second-order valence-corrected chi connectivity index (χ2v) is 7.10. The molecule has 4 rings (SSSR count). The quantitative estimate of drug-likeness (QED) is 0.803. The molecule has 0 aromatic heterocycles. The topological polar surface area (TPSA) is 45.7 Å². The molecule has 1 fully saturated rings. The molecule has 0 amide bonds. The van der Waals surface area contributed by atoms with Crippen molar-refractivity contribution in [3.8, 4) is 0 Å². The standard InChI is InChI=1S/C19H20BrN3O/c20-15-6-2-1-5-14(15)13-21-18-19(9-11-24-12-10-19)23-17-8-4-3-7-16(17)22-18/h1-8,23H,9-13H2,(H,21,22). The van der Waals surface area contributed by atoms with Crippen LogP contribution in [-0.2, 0) is 11.3 Å². The van der Waals surface area contributed by atoms with E-state index in [-0.39, 0.29) is 5.54 Å². The van der Waals surface area contributed by atoms with Gasteiger partial charge in [-0.1, -0.05) is 46.3 Å². The van der Waals surface area contributed by atoms with Gasteiger partial charge >= 0.3 is 0 Å². The second kappa shape index (κ2) is 6.57. The maximum atomic E-state index is 5.58. The number of benzene rings is 2. The Balaban J connectivity index is 1.68. The van der Waals surface area contributed by atoms with Crippen molar-refractivity contribution >= 4 is 33.1 Å². The van der Waals surface area contributed by atoms with E-state index in [1.54, 1.807) is 0 Å². The van der Waals surface area contributed by atoms with E-state index < -0.39 is 0 Å². The number of fused-ring (bicyclic) bond motifs is 1. The average Bonchev–Trinajstić information content (AvgIpc) is 2.62. The summed E-state index contributed by atoms with van der Waals surface area (Å²) in [7, 11) is 0. The van der Waals surface area contributed by atoms with Crippen molar-refractivity contribution in [2.75, 3.05) is 23.8 Å². The fraction of sp³-hybridized carbons (Fsp3) is 0.316. The molecule has 0 unspecified atom stereocenters. The number of halogens is 1. The van der Waals surface area contributed by atoms with Crippen LogP contribution in [0.15, 0.2) is 58.0 Å². The Morgan fingerprint density at radius 2 is 1.71 bits per heavy atom. The highest BCUT2D eigenvalue weighted by atomic mass is 79.9. The maximum absolute atomic E-state index is 5.58. The third-order valence-electron chi connectivity index (χ3n) is 4.72. The molecule has 0 radical (unpaired) electrons. The van der Waals surface area contributed by atoms with Crippen molar-refractivity contribution in [2.45, 2.75) is 24.9 Å². The van der Waals surface area contributed by atoms with Crippen molar-refractivity contribution in [1.29, 1.82) is 0 Å². The van der Waals surface area contributed by atoms with E-state index in [4.69, 9.17) is 9.73 Å². The zero-order chi connectivity index (χ0) is 16.4. The Morgan fingerprint density at radius 3 is 2.50 bits per heavy atom. The molecule has 2 heterocycles. The van der Waals surface area contributed by atoms with E-state index in [9.17, 15) is 0 Å². The van der Waals surface area contributed by atoms with Crippen LogP contribution in [0.25, 0.3) is 0 Å². The molecule has 0 saturated carbocycles. The van der Waals surface area contributed by atoms with Crippen molar-refractivity contribution < 1.29 is 4.74 Å². The van der Waals surface area contributed by atoms with Crippen molar-refractivity contribution in [3.05, 3.63) is 58.6 Å². The predicted molar refractivity (Wildman–Crippen MR) is 102 cm³/mol. The van der Waals surface area contributed by atoms with E-state index in [2.05, 4.69) is 56.9 Å². The van der Waals surface area contributed by atoms with Gasteiger partial charge in [0.25, 0.3) is 0 Å². The Kier molecular flexibility index (Phi) is 4.29. The van der Waals surface area contributed by atoms with E-state index in [0.717, 1.165) is 47.7 Å². The number of rotatable bonds is 2. The van der Waals surface area contributed by atoms with Crippen LogP contribution in [-0.4, -0.2) is 24.6 Å². The third-order valence-corrected chi connectivity index (χ3v) is 5.49. The molecule has 2 aliphatic rings. The lowest BCUT2D eigenvalue weighted by atomic mass is 9.86. The summed E-state index contributed by atoms with van der Waals surface area (Å²) in [5, 5.41) is 7.29. The third kappa shape index (κ3) is 2.94. The smallest absolute Gasteiger partial charge is 0.127 e. The van der Waals surface area contributed by atoms with Gasteiger partial charge in [0.15, 0.2) is 0 Å². The molecule has 0 aliphatic carbocycles. The van der Waals surface area contributed by atoms with Gasteiger partial charge in [0, 0.05) is 30.5 Å². The zero-order valence-corrected chi connectivity index (χ0v) is 15.0. The van der Waals surface area contributed by atoms with Gasteiger partial charge in [-0.25, -0.2) is 0 Å². The molecule has 2 aliphatic heterocycles. The SMILES string of the molecule is Brc1ccccc1CN=C1Nc2ccccc2NC12CCOCC2. The Morgan fingerprint density at radius 1 is 1.00 bits per heavy atom. The minimum Gasteiger partial charge on any atom is -0.381 e. The first-order chi connectivity index (χ1) is 11.8. The van der Waals surface area contributed by atoms with Gasteiger partial charge in [0.05, 0.1) is 23.5 Å². The Labute approximate surface area is 150 Å². The molecule has 1 saturated heterocycles. The highest BCUT2D eigenvalue weighted by Crippen LogP contribution is 2.36. The Bertz CT molecular complexity index is 769. The lowest BCUT2D eigenvalue weighted by Gasteiger charge is -2.43. The van der Waals surface area contributed by atoms with Crippen molar-refractivity contribution in [2.24, 2.45) is 4.99 Å². The first-order valence-corrected chi connectivity index (χ1v) is 9.06. The fourth-order valence-corrected chi connectivity index (χ4v) is 3.74. The minimum absolute atomic E-state index is 0.159. The van der Waals surface area contributed by atoms with Gasteiger partial charge in [-0.3, -0.25) is 4.99 Å². The van der Waals surface area contributed by atoms with Crippen LogP contribution in [0.3, 0.4) is 0 Å². The first-order valence-electron chi connectivity index (χ1n) is 8.27. The predicted octanol–water partition coefficient (Wildman–Crippen LogP) is 4.43. The lowest BCUT2D eigenvalue weighted by Crippen LogP contribution is -2.55. The van der Waals surface area contributed by atoms with Gasteiger partial charge in [0.1, 0.15) is 5.84 Å². The normalized spacial score (nSPS) is 20.3. The summed E-state index contributed by atoms with van der Waals surface area (Å²) in [6.45, 7) is 2.16. The summed E-state index contributed by atoms with van der Waals surface area (Å²) >= 11 is 3.61. The molecule has 2 N–H and O–H groups in total. The minimum atomic E-state index is -0.159. The summed E-state index contributed by atoms with van der Waals surface area (Å²) in [5.41, 5.74) is 3.25. The van der Waals surface area contributed by atoms with E-state index in [0.29, 0.717) is 6.54 Å².